The van der Waals surface area contributed by atoms with Gasteiger partial charge in [0.15, 0.2) is 0 Å². The third-order valence-electron chi connectivity index (χ3n) is 3.41. The molecule has 1 aliphatic heterocycles. The van der Waals surface area contributed by atoms with Gasteiger partial charge in [0.25, 0.3) is 0 Å². The molecule has 18 heavy (non-hydrogen) atoms. The standard InChI is InChI=1S/C12H18N2O3S/c1-7(9-3-5-17-6-4-9)13-11-10(12(15)16)8(2)14-18-11/h7,9,13H,3-6H2,1-2H3,(H,15,16). The van der Waals surface area contributed by atoms with E-state index >= 15 is 0 Å². The summed E-state index contributed by atoms with van der Waals surface area (Å²) < 4.78 is 9.44. The van der Waals surface area contributed by atoms with Gasteiger partial charge in [-0.25, -0.2) is 4.79 Å². The van der Waals surface area contributed by atoms with Crippen LogP contribution in [0.1, 0.15) is 35.8 Å². The number of rotatable bonds is 4. The van der Waals surface area contributed by atoms with E-state index in [0.717, 1.165) is 26.1 Å². The molecule has 0 amide bonds. The lowest BCUT2D eigenvalue weighted by Gasteiger charge is -2.28. The lowest BCUT2D eigenvalue weighted by Crippen LogP contribution is -2.31. The first-order valence-corrected chi connectivity index (χ1v) is 6.90. The normalized spacial score (nSPS) is 18.6. The monoisotopic (exact) mass is 270 g/mol. The summed E-state index contributed by atoms with van der Waals surface area (Å²) in [6.45, 7) is 5.41. The second-order valence-corrected chi connectivity index (χ2v) is 5.43. The number of carboxylic acids is 1. The van der Waals surface area contributed by atoms with Gasteiger partial charge in [-0.3, -0.25) is 0 Å². The Morgan fingerprint density at radius 3 is 2.83 bits per heavy atom. The lowest BCUT2D eigenvalue weighted by atomic mass is 9.93. The molecule has 0 radical (unpaired) electrons. The lowest BCUT2D eigenvalue weighted by molar-refractivity contribution is 0.0621. The Hall–Kier alpha value is -1.14. The number of nitrogens with one attached hydrogen (secondary N) is 1. The average Bonchev–Trinajstić information content (AvgIpc) is 2.71. The van der Waals surface area contributed by atoms with E-state index in [1.54, 1.807) is 6.92 Å². The van der Waals surface area contributed by atoms with Crippen LogP contribution in [0.4, 0.5) is 5.00 Å². The molecule has 1 aliphatic rings. The minimum Gasteiger partial charge on any atom is -0.478 e. The third-order valence-corrected chi connectivity index (χ3v) is 4.28. The van der Waals surface area contributed by atoms with E-state index in [4.69, 9.17) is 9.84 Å². The largest absolute Gasteiger partial charge is 0.478 e. The van der Waals surface area contributed by atoms with Gasteiger partial charge in [0.2, 0.25) is 0 Å². The number of anilines is 1. The van der Waals surface area contributed by atoms with E-state index in [2.05, 4.69) is 16.6 Å². The molecule has 100 valence electrons. The van der Waals surface area contributed by atoms with Crippen LogP contribution in [0.25, 0.3) is 0 Å². The number of aromatic carboxylic acids is 1. The maximum Gasteiger partial charge on any atom is 0.340 e. The fourth-order valence-electron chi connectivity index (χ4n) is 2.26. The van der Waals surface area contributed by atoms with Crippen LogP contribution in [0.2, 0.25) is 0 Å². The van der Waals surface area contributed by atoms with Crippen LogP contribution >= 0.6 is 11.5 Å². The van der Waals surface area contributed by atoms with Crippen LogP contribution in [0.5, 0.6) is 0 Å². The molecule has 0 aromatic carbocycles. The maximum atomic E-state index is 11.2. The molecule has 1 unspecified atom stereocenters. The SMILES string of the molecule is Cc1nsc(NC(C)C2CCOCC2)c1C(=O)O. The summed E-state index contributed by atoms with van der Waals surface area (Å²) in [5.41, 5.74) is 0.882. The Labute approximate surface area is 110 Å². The zero-order valence-electron chi connectivity index (χ0n) is 10.6. The minimum atomic E-state index is -0.914. The topological polar surface area (TPSA) is 71.5 Å². The fourth-order valence-corrected chi connectivity index (χ4v) is 3.14. The highest BCUT2D eigenvalue weighted by molar-refractivity contribution is 7.10. The van der Waals surface area contributed by atoms with Crippen molar-refractivity contribution in [1.82, 2.24) is 4.37 Å². The van der Waals surface area contributed by atoms with Crippen molar-refractivity contribution in [2.75, 3.05) is 18.5 Å². The smallest absolute Gasteiger partial charge is 0.340 e. The molecule has 0 bridgehead atoms. The van der Waals surface area contributed by atoms with Crippen molar-refractivity contribution < 1.29 is 14.6 Å². The molecule has 0 spiro atoms. The molecule has 0 saturated carbocycles. The number of aromatic nitrogens is 1. The van der Waals surface area contributed by atoms with Crippen molar-refractivity contribution in [3.8, 4) is 0 Å². The Morgan fingerprint density at radius 1 is 1.56 bits per heavy atom. The summed E-state index contributed by atoms with van der Waals surface area (Å²) >= 11 is 1.22. The Kier molecular flexibility index (Phi) is 4.19. The molecule has 2 rings (SSSR count). The van der Waals surface area contributed by atoms with E-state index in [1.807, 2.05) is 0 Å². The number of nitrogens with zero attached hydrogens (tertiary/aromatic N) is 1. The van der Waals surface area contributed by atoms with Crippen LogP contribution in [0.3, 0.4) is 0 Å². The summed E-state index contributed by atoms with van der Waals surface area (Å²) in [6.07, 6.45) is 2.04. The van der Waals surface area contributed by atoms with Crippen LogP contribution in [-0.4, -0.2) is 34.7 Å². The molecule has 1 fully saturated rings. The molecule has 2 N–H and O–H groups in total. The van der Waals surface area contributed by atoms with E-state index in [9.17, 15) is 4.79 Å². The first-order valence-electron chi connectivity index (χ1n) is 6.13. The number of carboxylic acid groups (broad SMARTS) is 1. The second-order valence-electron chi connectivity index (χ2n) is 4.66. The number of hydrogen-bond donors (Lipinski definition) is 2. The maximum absolute atomic E-state index is 11.2. The summed E-state index contributed by atoms with van der Waals surface area (Å²) in [5, 5.41) is 13.1. The number of hydrogen-bond acceptors (Lipinski definition) is 5. The zero-order chi connectivity index (χ0) is 13.1. The summed E-state index contributed by atoms with van der Waals surface area (Å²) in [7, 11) is 0. The molecule has 2 heterocycles. The van der Waals surface area contributed by atoms with Gasteiger partial charge in [0, 0.05) is 19.3 Å². The van der Waals surface area contributed by atoms with Crippen molar-refractivity contribution in [2.45, 2.75) is 32.7 Å². The van der Waals surface area contributed by atoms with Gasteiger partial charge >= 0.3 is 5.97 Å². The van der Waals surface area contributed by atoms with Crippen LogP contribution in [0.15, 0.2) is 0 Å². The Balaban J connectivity index is 2.06. The molecular weight excluding hydrogens is 252 g/mol. The molecule has 1 aromatic heterocycles. The minimum absolute atomic E-state index is 0.242. The van der Waals surface area contributed by atoms with E-state index in [1.165, 1.54) is 11.5 Å². The zero-order valence-corrected chi connectivity index (χ0v) is 11.4. The van der Waals surface area contributed by atoms with Crippen LogP contribution < -0.4 is 5.32 Å². The van der Waals surface area contributed by atoms with Crippen LogP contribution in [-0.2, 0) is 4.74 Å². The molecule has 1 aromatic rings. The summed E-state index contributed by atoms with van der Waals surface area (Å²) in [5.74, 6) is -0.384. The highest BCUT2D eigenvalue weighted by Gasteiger charge is 2.24. The first kappa shape index (κ1) is 13.3. The quantitative estimate of drug-likeness (QED) is 0.879. The van der Waals surface area contributed by atoms with Gasteiger partial charge in [0.1, 0.15) is 10.6 Å². The van der Waals surface area contributed by atoms with Crippen molar-refractivity contribution in [3.63, 3.8) is 0 Å². The van der Waals surface area contributed by atoms with Crippen molar-refractivity contribution in [2.24, 2.45) is 5.92 Å². The van der Waals surface area contributed by atoms with E-state index < -0.39 is 5.97 Å². The molecule has 1 saturated heterocycles. The molecule has 5 nitrogen and oxygen atoms in total. The van der Waals surface area contributed by atoms with Gasteiger partial charge in [0.05, 0.1) is 5.69 Å². The Morgan fingerprint density at radius 2 is 2.22 bits per heavy atom. The molecular formula is C12H18N2O3S. The van der Waals surface area contributed by atoms with Gasteiger partial charge in [-0.15, -0.1) is 0 Å². The van der Waals surface area contributed by atoms with Gasteiger partial charge < -0.3 is 15.2 Å². The van der Waals surface area contributed by atoms with Gasteiger partial charge in [-0.1, -0.05) is 0 Å². The summed E-state index contributed by atoms with van der Waals surface area (Å²) in [4.78, 5) is 11.2. The summed E-state index contributed by atoms with van der Waals surface area (Å²) in [6, 6.07) is 0.242. The number of aryl methyl sites for hydroxylation is 1. The highest BCUT2D eigenvalue weighted by atomic mass is 32.1. The fraction of sp³-hybridized carbons (Fsp3) is 0.667. The third kappa shape index (κ3) is 2.81. The van der Waals surface area contributed by atoms with Crippen molar-refractivity contribution in [3.05, 3.63) is 11.3 Å². The molecule has 1 atom stereocenters. The molecule has 0 aliphatic carbocycles. The van der Waals surface area contributed by atoms with E-state index in [-0.39, 0.29) is 6.04 Å². The van der Waals surface area contributed by atoms with Gasteiger partial charge in [-0.2, -0.15) is 4.37 Å². The second kappa shape index (κ2) is 5.67. The van der Waals surface area contributed by atoms with Gasteiger partial charge in [-0.05, 0) is 44.1 Å². The molecule has 6 heteroatoms. The predicted octanol–water partition coefficient (Wildman–Crippen LogP) is 2.38. The average molecular weight is 270 g/mol. The van der Waals surface area contributed by atoms with Crippen molar-refractivity contribution >= 4 is 22.5 Å². The van der Waals surface area contributed by atoms with E-state index in [0.29, 0.717) is 22.2 Å². The first-order chi connectivity index (χ1) is 8.59. The predicted molar refractivity (Wildman–Crippen MR) is 70.4 cm³/mol. The number of carbonyl (C=O) groups is 1. The number of ether oxygens (including phenoxy) is 1. The Bertz CT molecular complexity index is 427. The van der Waals surface area contributed by atoms with Crippen LogP contribution in [0, 0.1) is 12.8 Å². The highest BCUT2D eigenvalue weighted by Crippen LogP contribution is 2.28. The van der Waals surface area contributed by atoms with Crippen molar-refractivity contribution in [1.29, 1.82) is 0 Å².